The fourth-order valence-corrected chi connectivity index (χ4v) is 4.62. The Labute approximate surface area is 183 Å². The predicted octanol–water partition coefficient (Wildman–Crippen LogP) is 2.90. The number of ether oxygens (including phenoxy) is 1. The Kier molecular flexibility index (Phi) is 6.73. The van der Waals surface area contributed by atoms with Gasteiger partial charge in [0.05, 0.1) is 6.26 Å². The summed E-state index contributed by atoms with van der Waals surface area (Å²) < 4.78 is 10.8. The van der Waals surface area contributed by atoms with Gasteiger partial charge in [0.2, 0.25) is 5.91 Å². The van der Waals surface area contributed by atoms with E-state index in [1.54, 1.807) is 17.0 Å². The fraction of sp³-hybridized carbons (Fsp3) is 0.500. The number of rotatable bonds is 7. The molecule has 2 aliphatic rings. The van der Waals surface area contributed by atoms with Gasteiger partial charge in [0.25, 0.3) is 5.91 Å². The van der Waals surface area contributed by atoms with Crippen LogP contribution in [0.4, 0.5) is 0 Å². The zero-order chi connectivity index (χ0) is 21.7. The fourth-order valence-electron chi connectivity index (χ4n) is 4.62. The number of amides is 2. The van der Waals surface area contributed by atoms with Crippen molar-refractivity contribution in [3.8, 4) is 0 Å². The van der Waals surface area contributed by atoms with Crippen LogP contribution in [0.15, 0.2) is 53.1 Å². The van der Waals surface area contributed by atoms with Crippen molar-refractivity contribution in [2.45, 2.75) is 50.2 Å². The predicted molar refractivity (Wildman–Crippen MR) is 117 cm³/mol. The molecule has 2 unspecified atom stereocenters. The minimum Gasteiger partial charge on any atom is -0.459 e. The molecule has 1 aromatic carbocycles. The highest BCUT2D eigenvalue weighted by atomic mass is 16.5. The summed E-state index contributed by atoms with van der Waals surface area (Å²) in [6, 6.07) is 13.3. The quantitative estimate of drug-likeness (QED) is 0.713. The summed E-state index contributed by atoms with van der Waals surface area (Å²) in [6.45, 7) is 4.55. The maximum absolute atomic E-state index is 13.1. The summed E-state index contributed by atoms with van der Waals surface area (Å²) in [6.07, 6.45) is 4.61. The molecular weight excluding hydrogens is 394 g/mol. The van der Waals surface area contributed by atoms with Crippen LogP contribution in [0.2, 0.25) is 0 Å². The van der Waals surface area contributed by atoms with Crippen LogP contribution in [0, 0.1) is 0 Å². The summed E-state index contributed by atoms with van der Waals surface area (Å²) in [7, 11) is 0. The van der Waals surface area contributed by atoms with Gasteiger partial charge in [-0.1, -0.05) is 30.3 Å². The number of carbonyl (C=O) groups excluding carboxylic acids is 2. The Hall–Kier alpha value is -2.64. The van der Waals surface area contributed by atoms with Gasteiger partial charge in [0, 0.05) is 37.9 Å². The summed E-state index contributed by atoms with van der Waals surface area (Å²) in [5.74, 6) is -0.0457. The maximum Gasteiger partial charge on any atom is 0.290 e. The van der Waals surface area contributed by atoms with Crippen molar-refractivity contribution >= 4 is 11.8 Å². The molecule has 2 atom stereocenters. The van der Waals surface area contributed by atoms with Crippen LogP contribution in [-0.4, -0.2) is 54.6 Å². The van der Waals surface area contributed by atoms with Gasteiger partial charge in [0.15, 0.2) is 5.76 Å². The molecule has 2 aromatic rings. The third kappa shape index (κ3) is 4.99. The smallest absolute Gasteiger partial charge is 0.290 e. The van der Waals surface area contributed by atoms with Crippen LogP contribution < -0.4 is 10.6 Å². The van der Waals surface area contributed by atoms with Gasteiger partial charge in [-0.3, -0.25) is 9.59 Å². The summed E-state index contributed by atoms with van der Waals surface area (Å²) >= 11 is 0. The van der Waals surface area contributed by atoms with E-state index in [0.717, 1.165) is 19.3 Å². The molecule has 31 heavy (non-hydrogen) atoms. The molecule has 2 amide bonds. The van der Waals surface area contributed by atoms with Gasteiger partial charge in [-0.05, 0) is 50.3 Å². The standard InChI is InChI=1S/C24H31N3O4/c1-18(19-7-3-2-4-8-19)26-24(11-15-30-16-12-24)17-25-22(28)20-9-5-13-27(20)23(29)21-10-6-14-31-21/h2-4,6-8,10,14,18,20,26H,5,9,11-13,15-17H2,1H3,(H,25,28). The molecule has 0 radical (unpaired) electrons. The number of benzene rings is 1. The molecule has 1 aromatic heterocycles. The Morgan fingerprint density at radius 2 is 1.94 bits per heavy atom. The lowest BCUT2D eigenvalue weighted by molar-refractivity contribution is -0.125. The molecule has 2 N–H and O–H groups in total. The van der Waals surface area contributed by atoms with E-state index >= 15 is 0 Å². The number of nitrogens with zero attached hydrogens (tertiary/aromatic N) is 1. The number of likely N-dealkylation sites (tertiary alicyclic amines) is 1. The van der Waals surface area contributed by atoms with Gasteiger partial charge in [-0.15, -0.1) is 0 Å². The lowest BCUT2D eigenvalue weighted by Crippen LogP contribution is -2.58. The lowest BCUT2D eigenvalue weighted by atomic mass is 9.88. The number of hydrogen-bond donors (Lipinski definition) is 2. The first-order chi connectivity index (χ1) is 15.1. The van der Waals surface area contributed by atoms with Crippen molar-refractivity contribution in [1.82, 2.24) is 15.5 Å². The van der Waals surface area contributed by atoms with Crippen LogP contribution in [-0.2, 0) is 9.53 Å². The first-order valence-electron chi connectivity index (χ1n) is 11.1. The highest BCUT2D eigenvalue weighted by molar-refractivity contribution is 5.96. The summed E-state index contributed by atoms with van der Waals surface area (Å²) in [4.78, 5) is 27.4. The van der Waals surface area contributed by atoms with Crippen LogP contribution in [0.3, 0.4) is 0 Å². The molecule has 0 spiro atoms. The summed E-state index contributed by atoms with van der Waals surface area (Å²) in [5.41, 5.74) is 0.975. The number of hydrogen-bond acceptors (Lipinski definition) is 5. The molecule has 7 nitrogen and oxygen atoms in total. The SMILES string of the molecule is CC(NC1(CNC(=O)C2CCCN2C(=O)c2ccco2)CCOCC1)c1ccccc1. The molecule has 0 bridgehead atoms. The Morgan fingerprint density at radius 3 is 2.65 bits per heavy atom. The van der Waals surface area contributed by atoms with E-state index in [2.05, 4.69) is 29.7 Å². The van der Waals surface area contributed by atoms with E-state index in [1.165, 1.54) is 11.8 Å². The molecule has 166 valence electrons. The van der Waals surface area contributed by atoms with Gasteiger partial charge in [0.1, 0.15) is 6.04 Å². The van der Waals surface area contributed by atoms with E-state index < -0.39 is 6.04 Å². The molecule has 7 heteroatoms. The molecule has 4 rings (SSSR count). The summed E-state index contributed by atoms with van der Waals surface area (Å²) in [5, 5.41) is 6.90. The zero-order valence-electron chi connectivity index (χ0n) is 18.0. The zero-order valence-corrected chi connectivity index (χ0v) is 18.0. The number of nitrogens with one attached hydrogen (secondary N) is 2. The molecule has 2 fully saturated rings. The topological polar surface area (TPSA) is 83.8 Å². The third-order valence-corrected chi connectivity index (χ3v) is 6.42. The van der Waals surface area contributed by atoms with Crippen LogP contribution in [0.1, 0.15) is 54.8 Å². The van der Waals surface area contributed by atoms with Gasteiger partial charge >= 0.3 is 0 Å². The second kappa shape index (κ2) is 9.66. The van der Waals surface area contributed by atoms with E-state index in [0.29, 0.717) is 32.7 Å². The average molecular weight is 426 g/mol. The Morgan fingerprint density at radius 1 is 1.16 bits per heavy atom. The van der Waals surface area contributed by atoms with Gasteiger partial charge < -0.3 is 24.7 Å². The Balaban J connectivity index is 1.41. The average Bonchev–Trinajstić information content (AvgIpc) is 3.51. The van der Waals surface area contributed by atoms with Crippen molar-refractivity contribution in [3.63, 3.8) is 0 Å². The lowest BCUT2D eigenvalue weighted by Gasteiger charge is -2.41. The Bertz CT molecular complexity index is 862. The van der Waals surface area contributed by atoms with E-state index in [-0.39, 0.29) is 29.2 Å². The molecule has 2 saturated heterocycles. The van der Waals surface area contributed by atoms with E-state index in [4.69, 9.17) is 9.15 Å². The second-order valence-corrected chi connectivity index (χ2v) is 8.52. The maximum atomic E-state index is 13.1. The van der Waals surface area contributed by atoms with E-state index in [9.17, 15) is 9.59 Å². The molecule has 0 aliphatic carbocycles. The monoisotopic (exact) mass is 425 g/mol. The molecule has 3 heterocycles. The van der Waals surface area contributed by atoms with Crippen molar-refractivity contribution in [2.75, 3.05) is 26.3 Å². The van der Waals surface area contributed by atoms with Crippen molar-refractivity contribution in [3.05, 3.63) is 60.1 Å². The van der Waals surface area contributed by atoms with Crippen LogP contribution in [0.25, 0.3) is 0 Å². The largest absolute Gasteiger partial charge is 0.459 e. The first-order valence-corrected chi connectivity index (χ1v) is 11.1. The molecule has 2 aliphatic heterocycles. The minimum absolute atomic E-state index is 0.0996. The molecular formula is C24H31N3O4. The van der Waals surface area contributed by atoms with Crippen LogP contribution >= 0.6 is 0 Å². The first kappa shape index (κ1) is 21.6. The van der Waals surface area contributed by atoms with Crippen LogP contribution in [0.5, 0.6) is 0 Å². The van der Waals surface area contributed by atoms with E-state index in [1.807, 2.05) is 18.2 Å². The number of carbonyl (C=O) groups is 2. The van der Waals surface area contributed by atoms with Gasteiger partial charge in [-0.2, -0.15) is 0 Å². The van der Waals surface area contributed by atoms with Crippen molar-refractivity contribution < 1.29 is 18.7 Å². The minimum atomic E-state index is -0.457. The number of furan rings is 1. The van der Waals surface area contributed by atoms with Crippen molar-refractivity contribution in [1.29, 1.82) is 0 Å². The van der Waals surface area contributed by atoms with Gasteiger partial charge in [-0.25, -0.2) is 0 Å². The molecule has 0 saturated carbocycles. The highest BCUT2D eigenvalue weighted by Crippen LogP contribution is 2.26. The second-order valence-electron chi connectivity index (χ2n) is 8.52. The third-order valence-electron chi connectivity index (χ3n) is 6.42. The normalized spacial score (nSPS) is 21.6. The van der Waals surface area contributed by atoms with Crippen molar-refractivity contribution in [2.24, 2.45) is 0 Å². The highest BCUT2D eigenvalue weighted by Gasteiger charge is 2.38.